The number of nitrogens with zero attached hydrogens (tertiary/aromatic N) is 1. The lowest BCUT2D eigenvalue weighted by Crippen LogP contribution is -2.24. The Balaban J connectivity index is 1.33. The third-order valence-corrected chi connectivity index (χ3v) is 5.90. The lowest BCUT2D eigenvalue weighted by molar-refractivity contribution is -0.117. The summed E-state index contributed by atoms with van der Waals surface area (Å²) in [6.45, 7) is 0.662. The summed E-state index contributed by atoms with van der Waals surface area (Å²) in [4.78, 5) is 38.3. The number of rotatable bonds is 6. The summed E-state index contributed by atoms with van der Waals surface area (Å²) in [5.74, 6) is -0.190. The summed E-state index contributed by atoms with van der Waals surface area (Å²) in [6, 6.07) is 11.0. The van der Waals surface area contributed by atoms with Gasteiger partial charge in [0.15, 0.2) is 5.78 Å². The van der Waals surface area contributed by atoms with Crippen molar-refractivity contribution in [3.8, 4) is 0 Å². The molecule has 0 saturated carbocycles. The summed E-state index contributed by atoms with van der Waals surface area (Å²) in [5.41, 5.74) is 4.49. The van der Waals surface area contributed by atoms with Gasteiger partial charge in [-0.25, -0.2) is 0 Å². The molecule has 1 aliphatic heterocycles. The van der Waals surface area contributed by atoms with Gasteiger partial charge in [0.25, 0.3) is 0 Å². The van der Waals surface area contributed by atoms with Crippen LogP contribution in [-0.2, 0) is 22.4 Å². The second kappa shape index (κ2) is 8.37. The molecule has 0 bridgehead atoms. The minimum Gasteiger partial charge on any atom is -0.326 e. The van der Waals surface area contributed by atoms with E-state index in [4.69, 9.17) is 11.6 Å². The van der Waals surface area contributed by atoms with Gasteiger partial charge in [0, 0.05) is 37.1 Å². The smallest absolute Gasteiger partial charge is 0.227 e. The second-order valence-electron chi connectivity index (χ2n) is 7.62. The zero-order valence-electron chi connectivity index (χ0n) is 16.2. The Morgan fingerprint density at radius 1 is 0.966 bits per heavy atom. The predicted octanol–water partition coefficient (Wildman–Crippen LogP) is 4.56. The average Bonchev–Trinajstić information content (AvgIpc) is 3.34. The van der Waals surface area contributed by atoms with E-state index in [1.54, 1.807) is 23.1 Å². The third-order valence-electron chi connectivity index (χ3n) is 5.60. The van der Waals surface area contributed by atoms with E-state index in [0.717, 1.165) is 25.7 Å². The molecule has 0 spiro atoms. The number of carbonyl (C=O) groups is 3. The summed E-state index contributed by atoms with van der Waals surface area (Å²) in [6.07, 6.45) is 4.89. The number of anilines is 2. The Hall–Kier alpha value is -2.66. The minimum atomic E-state index is -0.236. The van der Waals surface area contributed by atoms with E-state index in [9.17, 15) is 14.4 Å². The zero-order chi connectivity index (χ0) is 20.4. The second-order valence-corrected chi connectivity index (χ2v) is 8.03. The Bertz CT molecular complexity index is 986. The van der Waals surface area contributed by atoms with Crippen molar-refractivity contribution in [1.29, 1.82) is 0 Å². The molecule has 6 heteroatoms. The van der Waals surface area contributed by atoms with E-state index in [0.29, 0.717) is 34.9 Å². The molecular formula is C23H23ClN2O3. The van der Waals surface area contributed by atoms with Crippen LogP contribution in [0, 0.1) is 0 Å². The van der Waals surface area contributed by atoms with Gasteiger partial charge in [0.05, 0.1) is 10.7 Å². The first-order chi connectivity index (χ1) is 14.0. The molecule has 2 aromatic carbocycles. The number of halogens is 1. The third kappa shape index (κ3) is 4.35. The van der Waals surface area contributed by atoms with Crippen LogP contribution in [-0.4, -0.2) is 24.1 Å². The molecule has 0 unspecified atom stereocenters. The van der Waals surface area contributed by atoms with Crippen LogP contribution in [0.15, 0.2) is 36.4 Å². The molecular weight excluding hydrogens is 388 g/mol. The molecule has 5 nitrogen and oxygen atoms in total. The lowest BCUT2D eigenvalue weighted by Gasteiger charge is -2.18. The fraction of sp³-hybridized carbons (Fsp3) is 0.348. The molecule has 1 heterocycles. The number of hydrogen-bond donors (Lipinski definition) is 1. The first-order valence-electron chi connectivity index (χ1n) is 10.1. The van der Waals surface area contributed by atoms with Crippen molar-refractivity contribution < 1.29 is 14.4 Å². The molecule has 1 fully saturated rings. The molecule has 150 valence electrons. The Morgan fingerprint density at radius 3 is 2.55 bits per heavy atom. The van der Waals surface area contributed by atoms with Gasteiger partial charge in [-0.3, -0.25) is 14.4 Å². The van der Waals surface area contributed by atoms with Crippen molar-refractivity contribution >= 4 is 40.6 Å². The highest BCUT2D eigenvalue weighted by Crippen LogP contribution is 2.31. The maximum absolute atomic E-state index is 12.4. The van der Waals surface area contributed by atoms with Gasteiger partial charge in [-0.1, -0.05) is 23.7 Å². The van der Waals surface area contributed by atoms with Crippen LogP contribution in [0.2, 0.25) is 5.02 Å². The Kier molecular flexibility index (Phi) is 5.67. The van der Waals surface area contributed by atoms with Crippen LogP contribution in [0.5, 0.6) is 0 Å². The van der Waals surface area contributed by atoms with Crippen LogP contribution in [0.4, 0.5) is 11.4 Å². The first-order valence-corrected chi connectivity index (χ1v) is 10.4. The molecule has 2 aromatic rings. The highest BCUT2D eigenvalue weighted by Gasteiger charge is 2.23. The highest BCUT2D eigenvalue weighted by atomic mass is 35.5. The molecule has 1 N–H and O–H groups in total. The summed E-state index contributed by atoms with van der Waals surface area (Å²) in [5, 5.41) is 3.20. The van der Waals surface area contributed by atoms with E-state index >= 15 is 0 Å². The van der Waals surface area contributed by atoms with Crippen LogP contribution in [0.3, 0.4) is 0 Å². The van der Waals surface area contributed by atoms with Gasteiger partial charge in [-0.15, -0.1) is 0 Å². The van der Waals surface area contributed by atoms with Gasteiger partial charge in [0.2, 0.25) is 11.8 Å². The van der Waals surface area contributed by atoms with Crippen molar-refractivity contribution in [2.24, 2.45) is 0 Å². The molecule has 1 saturated heterocycles. The van der Waals surface area contributed by atoms with Crippen LogP contribution in [0.1, 0.15) is 53.6 Å². The summed E-state index contributed by atoms with van der Waals surface area (Å²) in [7, 11) is 0. The van der Waals surface area contributed by atoms with Gasteiger partial charge >= 0.3 is 0 Å². The number of ketones is 1. The molecule has 0 atom stereocenters. The number of carbonyl (C=O) groups excluding carboxylic acids is 3. The largest absolute Gasteiger partial charge is 0.326 e. The SMILES string of the molecule is O=C(CCC(=O)c1ccc2c(c1)CCC2)Nc1ccc(N2CCCC2=O)c(Cl)c1. The van der Waals surface area contributed by atoms with Crippen LogP contribution in [0.25, 0.3) is 0 Å². The van der Waals surface area contributed by atoms with Gasteiger partial charge < -0.3 is 10.2 Å². The molecule has 4 rings (SSSR count). The summed E-state index contributed by atoms with van der Waals surface area (Å²) < 4.78 is 0. The lowest BCUT2D eigenvalue weighted by atomic mass is 10.0. The van der Waals surface area contributed by atoms with Crippen molar-refractivity contribution in [2.45, 2.75) is 44.9 Å². The maximum atomic E-state index is 12.4. The molecule has 29 heavy (non-hydrogen) atoms. The number of hydrogen-bond acceptors (Lipinski definition) is 3. The van der Waals surface area contributed by atoms with Crippen LogP contribution < -0.4 is 10.2 Å². The first kappa shape index (κ1) is 19.6. The molecule has 0 radical (unpaired) electrons. The topological polar surface area (TPSA) is 66.5 Å². The number of nitrogens with one attached hydrogen (secondary N) is 1. The summed E-state index contributed by atoms with van der Waals surface area (Å²) >= 11 is 6.31. The van der Waals surface area contributed by atoms with E-state index in [2.05, 4.69) is 5.32 Å². The van der Waals surface area contributed by atoms with Gasteiger partial charge in [-0.2, -0.15) is 0 Å². The highest BCUT2D eigenvalue weighted by molar-refractivity contribution is 6.34. The maximum Gasteiger partial charge on any atom is 0.227 e. The molecule has 2 aliphatic rings. The average molecular weight is 411 g/mol. The molecule has 2 amide bonds. The van der Waals surface area contributed by atoms with Crippen LogP contribution >= 0.6 is 11.6 Å². The number of amides is 2. The molecule has 1 aliphatic carbocycles. The quantitative estimate of drug-likeness (QED) is 0.710. The van der Waals surface area contributed by atoms with E-state index in [1.165, 1.54) is 11.1 Å². The monoisotopic (exact) mass is 410 g/mol. The Labute approximate surface area is 175 Å². The normalized spacial score (nSPS) is 15.5. The van der Waals surface area contributed by atoms with Crippen molar-refractivity contribution in [2.75, 3.05) is 16.8 Å². The van der Waals surface area contributed by atoms with E-state index in [1.807, 2.05) is 18.2 Å². The Morgan fingerprint density at radius 2 is 1.79 bits per heavy atom. The zero-order valence-corrected chi connectivity index (χ0v) is 16.9. The standard InChI is InChI=1S/C23H23ClN2O3/c24-19-14-18(8-9-20(19)26-12-2-5-23(26)29)25-22(28)11-10-21(27)17-7-6-15-3-1-4-16(15)13-17/h6-9,13-14H,1-5,10-12H2,(H,25,28). The number of aryl methyl sites for hydroxylation is 2. The van der Waals surface area contributed by atoms with Crippen molar-refractivity contribution in [3.05, 3.63) is 58.1 Å². The van der Waals surface area contributed by atoms with Crippen molar-refractivity contribution in [3.63, 3.8) is 0 Å². The molecule has 0 aromatic heterocycles. The minimum absolute atomic E-state index is 0.0178. The predicted molar refractivity (Wildman–Crippen MR) is 114 cm³/mol. The van der Waals surface area contributed by atoms with Crippen molar-refractivity contribution in [1.82, 2.24) is 0 Å². The van der Waals surface area contributed by atoms with Gasteiger partial charge in [0.1, 0.15) is 0 Å². The van der Waals surface area contributed by atoms with Gasteiger partial charge in [-0.05, 0) is 61.1 Å². The van der Waals surface area contributed by atoms with E-state index < -0.39 is 0 Å². The fourth-order valence-electron chi connectivity index (χ4n) is 4.05. The van der Waals surface area contributed by atoms with E-state index in [-0.39, 0.29) is 30.4 Å². The fourth-order valence-corrected chi connectivity index (χ4v) is 4.33. The number of fused-ring (bicyclic) bond motifs is 1. The number of Topliss-reactive ketones (excluding diaryl/α,β-unsaturated/α-hetero) is 1. The number of benzene rings is 2.